The highest BCUT2D eigenvalue weighted by Crippen LogP contribution is 2.34. The summed E-state index contributed by atoms with van der Waals surface area (Å²) in [5, 5.41) is 11.7. The molecule has 0 radical (unpaired) electrons. The first-order chi connectivity index (χ1) is 8.28. The Kier molecular flexibility index (Phi) is 3.06. The number of amides is 1. The number of hydrogen-bond donors (Lipinski definition) is 2. The molecule has 2 heterocycles. The second-order valence-corrected chi connectivity index (χ2v) is 5.49. The van der Waals surface area contributed by atoms with Crippen molar-refractivity contribution in [3.05, 3.63) is 12.2 Å². The highest BCUT2D eigenvalue weighted by molar-refractivity contribution is 5.76. The van der Waals surface area contributed by atoms with E-state index in [1.807, 2.05) is 0 Å². The van der Waals surface area contributed by atoms with E-state index in [-0.39, 0.29) is 6.10 Å². The zero-order valence-corrected chi connectivity index (χ0v) is 10.5. The summed E-state index contributed by atoms with van der Waals surface area (Å²) in [7, 11) is 0. The van der Waals surface area contributed by atoms with Crippen molar-refractivity contribution in [3.63, 3.8) is 0 Å². The molecular formula is C12H17NO5. The molecule has 6 heteroatoms. The third-order valence-corrected chi connectivity index (χ3v) is 2.87. The molecule has 0 aromatic heterocycles. The van der Waals surface area contributed by atoms with Gasteiger partial charge in [-0.1, -0.05) is 12.2 Å². The van der Waals surface area contributed by atoms with Crippen LogP contribution in [0.4, 0.5) is 4.79 Å². The molecule has 1 saturated heterocycles. The van der Waals surface area contributed by atoms with Crippen LogP contribution in [-0.2, 0) is 14.3 Å². The van der Waals surface area contributed by atoms with E-state index in [2.05, 4.69) is 5.32 Å². The summed E-state index contributed by atoms with van der Waals surface area (Å²) in [6.07, 6.45) is 2.02. The zero-order chi connectivity index (χ0) is 13.5. The normalized spacial score (nSPS) is 33.5. The molecule has 0 saturated carbocycles. The molecule has 0 unspecified atom stereocenters. The van der Waals surface area contributed by atoms with E-state index < -0.39 is 35.7 Å². The number of aliphatic carboxylic acids is 1. The Morgan fingerprint density at radius 2 is 1.89 bits per heavy atom. The van der Waals surface area contributed by atoms with Crippen molar-refractivity contribution in [3.8, 4) is 0 Å². The van der Waals surface area contributed by atoms with Crippen molar-refractivity contribution in [2.24, 2.45) is 5.92 Å². The van der Waals surface area contributed by atoms with Crippen molar-refractivity contribution < 1.29 is 24.2 Å². The maximum Gasteiger partial charge on any atom is 0.407 e. The lowest BCUT2D eigenvalue weighted by atomic mass is 9.89. The molecule has 4 atom stereocenters. The summed E-state index contributed by atoms with van der Waals surface area (Å²) in [6.45, 7) is 5.25. The van der Waals surface area contributed by atoms with Crippen molar-refractivity contribution in [1.82, 2.24) is 5.32 Å². The Morgan fingerprint density at radius 1 is 1.28 bits per heavy atom. The first kappa shape index (κ1) is 12.9. The number of ether oxygens (including phenoxy) is 2. The summed E-state index contributed by atoms with van der Waals surface area (Å²) < 4.78 is 10.5. The number of carbonyl (C=O) groups is 2. The van der Waals surface area contributed by atoms with Crippen molar-refractivity contribution in [2.75, 3.05) is 0 Å². The largest absolute Gasteiger partial charge is 0.481 e. The second kappa shape index (κ2) is 4.28. The van der Waals surface area contributed by atoms with Crippen molar-refractivity contribution in [2.45, 2.75) is 44.6 Å². The van der Waals surface area contributed by atoms with E-state index in [1.165, 1.54) is 0 Å². The van der Waals surface area contributed by atoms with Gasteiger partial charge in [-0.25, -0.2) is 4.79 Å². The van der Waals surface area contributed by atoms with E-state index in [0.717, 1.165) is 0 Å². The van der Waals surface area contributed by atoms with Gasteiger partial charge in [-0.15, -0.1) is 0 Å². The molecular weight excluding hydrogens is 238 g/mol. The van der Waals surface area contributed by atoms with Gasteiger partial charge in [0, 0.05) is 0 Å². The predicted molar refractivity (Wildman–Crippen MR) is 62.1 cm³/mol. The maximum absolute atomic E-state index is 11.7. The van der Waals surface area contributed by atoms with Crippen LogP contribution in [0.1, 0.15) is 20.8 Å². The third-order valence-electron chi connectivity index (χ3n) is 2.87. The Labute approximate surface area is 105 Å². The average Bonchev–Trinajstić information content (AvgIpc) is 2.73. The summed E-state index contributed by atoms with van der Waals surface area (Å²) in [6, 6.07) is -0.577. The van der Waals surface area contributed by atoms with E-state index in [0.29, 0.717) is 0 Å². The smallest absolute Gasteiger partial charge is 0.407 e. The standard InChI is InChI=1S/C12H17NO5/c1-12(2,3)18-11(16)13-9-7-5-4-6(17-7)8(9)10(14)15/h4-9H,1-3H3,(H,13,16)(H,14,15)/t6-,7-,8-,9-/m1/s1. The van der Waals surface area contributed by atoms with E-state index in [4.69, 9.17) is 14.6 Å². The van der Waals surface area contributed by atoms with Crippen molar-refractivity contribution in [1.29, 1.82) is 0 Å². The molecule has 2 aliphatic rings. The van der Waals surface area contributed by atoms with Gasteiger partial charge in [-0.3, -0.25) is 4.79 Å². The molecule has 0 aromatic carbocycles. The topological polar surface area (TPSA) is 84.9 Å². The minimum absolute atomic E-state index is 0.386. The van der Waals surface area contributed by atoms with Crippen LogP contribution < -0.4 is 5.32 Å². The SMILES string of the molecule is CC(C)(C)OC(=O)N[C@H]1[C@H](C(=O)O)[C@H]2C=C[C@H]1O2. The Hall–Kier alpha value is -1.56. The quantitative estimate of drug-likeness (QED) is 0.717. The lowest BCUT2D eigenvalue weighted by Crippen LogP contribution is -2.49. The van der Waals surface area contributed by atoms with Gasteiger partial charge in [0.1, 0.15) is 11.5 Å². The van der Waals surface area contributed by atoms with Gasteiger partial charge in [0.2, 0.25) is 0 Å². The Bertz CT molecular complexity index is 398. The highest BCUT2D eigenvalue weighted by Gasteiger charge is 2.50. The number of alkyl carbamates (subject to hydrolysis) is 1. The minimum atomic E-state index is -0.979. The molecule has 6 nitrogen and oxygen atoms in total. The number of nitrogens with one attached hydrogen (secondary N) is 1. The van der Waals surface area contributed by atoms with Crippen LogP contribution in [0.5, 0.6) is 0 Å². The van der Waals surface area contributed by atoms with Gasteiger partial charge in [-0.2, -0.15) is 0 Å². The van der Waals surface area contributed by atoms with Crippen LogP contribution in [0, 0.1) is 5.92 Å². The highest BCUT2D eigenvalue weighted by atomic mass is 16.6. The average molecular weight is 255 g/mol. The predicted octanol–water partition coefficient (Wildman–Crippen LogP) is 0.918. The van der Waals surface area contributed by atoms with Crippen LogP contribution >= 0.6 is 0 Å². The van der Waals surface area contributed by atoms with Gasteiger partial charge in [-0.05, 0) is 20.8 Å². The van der Waals surface area contributed by atoms with Crippen LogP contribution in [0.25, 0.3) is 0 Å². The molecule has 18 heavy (non-hydrogen) atoms. The third kappa shape index (κ3) is 2.48. The van der Waals surface area contributed by atoms with Gasteiger partial charge in [0.15, 0.2) is 0 Å². The number of rotatable bonds is 2. The number of carboxylic acids is 1. The molecule has 1 amide bonds. The maximum atomic E-state index is 11.7. The lowest BCUT2D eigenvalue weighted by Gasteiger charge is -2.25. The fourth-order valence-corrected chi connectivity index (χ4v) is 2.22. The molecule has 2 N–H and O–H groups in total. The van der Waals surface area contributed by atoms with Gasteiger partial charge in [0.25, 0.3) is 0 Å². The number of carbonyl (C=O) groups excluding carboxylic acids is 1. The molecule has 0 spiro atoms. The first-order valence-electron chi connectivity index (χ1n) is 5.84. The summed E-state index contributed by atoms with van der Waals surface area (Å²) >= 11 is 0. The van der Waals surface area contributed by atoms with Crippen LogP contribution in [-0.4, -0.2) is 41.0 Å². The van der Waals surface area contributed by atoms with Crippen molar-refractivity contribution >= 4 is 12.1 Å². The summed E-state index contributed by atoms with van der Waals surface area (Å²) in [5.41, 5.74) is -0.614. The molecule has 2 rings (SSSR count). The van der Waals surface area contributed by atoms with Crippen LogP contribution in [0.15, 0.2) is 12.2 Å². The molecule has 0 aliphatic carbocycles. The van der Waals surface area contributed by atoms with Gasteiger partial charge >= 0.3 is 12.1 Å². The minimum Gasteiger partial charge on any atom is -0.481 e. The van der Waals surface area contributed by atoms with E-state index in [9.17, 15) is 9.59 Å². The van der Waals surface area contributed by atoms with Gasteiger partial charge in [0.05, 0.1) is 18.2 Å². The zero-order valence-electron chi connectivity index (χ0n) is 10.5. The summed E-state index contributed by atoms with van der Waals surface area (Å²) in [4.78, 5) is 22.8. The number of fused-ring (bicyclic) bond motifs is 2. The fraction of sp³-hybridized carbons (Fsp3) is 0.667. The van der Waals surface area contributed by atoms with E-state index >= 15 is 0 Å². The first-order valence-corrected chi connectivity index (χ1v) is 5.84. The molecule has 0 aromatic rings. The van der Waals surface area contributed by atoms with Crippen LogP contribution in [0.3, 0.4) is 0 Å². The molecule has 100 valence electrons. The Balaban J connectivity index is 2.02. The fourth-order valence-electron chi connectivity index (χ4n) is 2.22. The molecule has 1 fully saturated rings. The number of hydrogen-bond acceptors (Lipinski definition) is 4. The lowest BCUT2D eigenvalue weighted by molar-refractivity contribution is -0.143. The van der Waals surface area contributed by atoms with E-state index in [1.54, 1.807) is 32.9 Å². The van der Waals surface area contributed by atoms with Crippen LogP contribution in [0.2, 0.25) is 0 Å². The Morgan fingerprint density at radius 3 is 2.44 bits per heavy atom. The summed E-state index contributed by atoms with van der Waals surface area (Å²) in [5.74, 6) is -1.74. The molecule has 2 aliphatic heterocycles. The number of carboxylic acid groups (broad SMARTS) is 1. The second-order valence-electron chi connectivity index (χ2n) is 5.49. The van der Waals surface area contributed by atoms with Gasteiger partial charge < -0.3 is 19.9 Å². The monoisotopic (exact) mass is 255 g/mol. The molecule has 2 bridgehead atoms.